The summed E-state index contributed by atoms with van der Waals surface area (Å²) in [5.74, 6) is 0. The Hall–Kier alpha value is -1.33. The molecule has 1 heterocycles. The lowest BCUT2D eigenvalue weighted by molar-refractivity contribution is 0.886. The van der Waals surface area contributed by atoms with E-state index in [9.17, 15) is 0 Å². The lowest BCUT2D eigenvalue weighted by Crippen LogP contribution is -2.07. The summed E-state index contributed by atoms with van der Waals surface area (Å²) in [5, 5.41) is 5.27. The fourth-order valence-corrected chi connectivity index (χ4v) is 2.91. The molecule has 1 unspecified atom stereocenters. The molecule has 0 saturated carbocycles. The molecule has 0 fully saturated rings. The molecular weight excluding hydrogens is 395 g/mol. The van der Waals surface area contributed by atoms with Crippen molar-refractivity contribution in [2.24, 2.45) is 0 Å². The number of halogens is 2. The van der Waals surface area contributed by atoms with Gasteiger partial charge in [-0.25, -0.2) is 0 Å². The van der Waals surface area contributed by atoms with Crippen LogP contribution in [-0.2, 0) is 0 Å². The van der Waals surface area contributed by atoms with Crippen LogP contribution in [0.25, 0.3) is 10.9 Å². The normalized spacial score (nSPS) is 12.3. The maximum Gasteiger partial charge on any atom is 0.0908 e. The SMILES string of the molecule is CC(Nc1ccc(Cl)c2ncccc12)c1ccc(I)cc1. The average Bonchev–Trinajstić information content (AvgIpc) is 2.51. The van der Waals surface area contributed by atoms with E-state index in [0.717, 1.165) is 16.6 Å². The van der Waals surface area contributed by atoms with Crippen molar-refractivity contribution in [3.63, 3.8) is 0 Å². The molecule has 0 amide bonds. The van der Waals surface area contributed by atoms with Gasteiger partial charge in [0.1, 0.15) is 0 Å². The first-order valence-corrected chi connectivity index (χ1v) is 8.16. The van der Waals surface area contributed by atoms with E-state index < -0.39 is 0 Å². The number of nitrogens with zero attached hydrogens (tertiary/aromatic N) is 1. The van der Waals surface area contributed by atoms with Gasteiger partial charge in [0.05, 0.1) is 10.5 Å². The molecule has 2 nitrogen and oxygen atoms in total. The van der Waals surface area contributed by atoms with Gasteiger partial charge in [-0.1, -0.05) is 23.7 Å². The number of hydrogen-bond donors (Lipinski definition) is 1. The van der Waals surface area contributed by atoms with Crippen molar-refractivity contribution < 1.29 is 0 Å². The quantitative estimate of drug-likeness (QED) is 0.565. The fraction of sp³-hybridized carbons (Fsp3) is 0.118. The van der Waals surface area contributed by atoms with E-state index in [1.807, 2.05) is 24.3 Å². The molecule has 0 aliphatic rings. The topological polar surface area (TPSA) is 24.9 Å². The molecule has 0 bridgehead atoms. The van der Waals surface area contributed by atoms with Crippen LogP contribution < -0.4 is 5.32 Å². The predicted octanol–water partition coefficient (Wildman–Crippen LogP) is 5.67. The second-order valence-corrected chi connectivity index (χ2v) is 6.56. The van der Waals surface area contributed by atoms with Crippen LogP contribution in [0.4, 0.5) is 5.69 Å². The van der Waals surface area contributed by atoms with Gasteiger partial charge >= 0.3 is 0 Å². The Balaban J connectivity index is 1.95. The molecule has 3 aromatic rings. The number of benzene rings is 2. The number of rotatable bonds is 3. The summed E-state index contributed by atoms with van der Waals surface area (Å²) >= 11 is 8.52. The summed E-state index contributed by atoms with van der Waals surface area (Å²) in [7, 11) is 0. The van der Waals surface area contributed by atoms with Crippen molar-refractivity contribution in [3.05, 3.63) is 68.9 Å². The van der Waals surface area contributed by atoms with Crippen LogP contribution in [0.15, 0.2) is 54.7 Å². The standard InChI is InChI=1S/C17H14ClIN2/c1-11(12-4-6-13(19)7-5-12)21-16-9-8-15(18)17-14(16)3-2-10-20-17/h2-11,21H,1H3. The molecule has 0 aliphatic carbocycles. The molecule has 1 N–H and O–H groups in total. The number of hydrogen-bond acceptors (Lipinski definition) is 2. The van der Waals surface area contributed by atoms with Crippen molar-refractivity contribution in [2.75, 3.05) is 5.32 Å². The summed E-state index contributed by atoms with van der Waals surface area (Å²) in [6, 6.07) is 16.6. The van der Waals surface area contributed by atoms with Crippen LogP contribution in [0.2, 0.25) is 5.02 Å². The maximum absolute atomic E-state index is 6.21. The Morgan fingerprint density at radius 3 is 2.62 bits per heavy atom. The van der Waals surface area contributed by atoms with Crippen molar-refractivity contribution in [1.29, 1.82) is 0 Å². The Kier molecular flexibility index (Phi) is 4.31. The zero-order valence-electron chi connectivity index (χ0n) is 11.5. The average molecular weight is 409 g/mol. The molecule has 21 heavy (non-hydrogen) atoms. The Morgan fingerprint density at radius 1 is 1.10 bits per heavy atom. The van der Waals surface area contributed by atoms with Crippen molar-refractivity contribution in [3.8, 4) is 0 Å². The molecule has 106 valence electrons. The maximum atomic E-state index is 6.21. The number of anilines is 1. The lowest BCUT2D eigenvalue weighted by Gasteiger charge is -2.17. The summed E-state index contributed by atoms with van der Waals surface area (Å²) in [5.41, 5.74) is 3.13. The molecule has 0 saturated heterocycles. The largest absolute Gasteiger partial charge is 0.378 e. The molecule has 1 aromatic heterocycles. The summed E-state index contributed by atoms with van der Waals surface area (Å²) in [6.45, 7) is 2.15. The molecule has 0 aliphatic heterocycles. The third kappa shape index (κ3) is 3.14. The van der Waals surface area contributed by atoms with Crippen LogP contribution in [0, 0.1) is 3.57 Å². The van der Waals surface area contributed by atoms with Gasteiger partial charge in [-0.15, -0.1) is 0 Å². The van der Waals surface area contributed by atoms with Crippen molar-refractivity contribution >= 4 is 50.8 Å². The highest BCUT2D eigenvalue weighted by Crippen LogP contribution is 2.30. The Bertz CT molecular complexity index is 771. The molecule has 4 heteroatoms. The number of fused-ring (bicyclic) bond motifs is 1. The second kappa shape index (κ2) is 6.20. The first-order valence-electron chi connectivity index (χ1n) is 6.70. The summed E-state index contributed by atoms with van der Waals surface area (Å²) in [4.78, 5) is 4.36. The zero-order chi connectivity index (χ0) is 14.8. The van der Waals surface area contributed by atoms with Gasteiger partial charge in [0.25, 0.3) is 0 Å². The predicted molar refractivity (Wildman–Crippen MR) is 97.9 cm³/mol. The highest BCUT2D eigenvalue weighted by Gasteiger charge is 2.09. The second-order valence-electron chi connectivity index (χ2n) is 4.91. The summed E-state index contributed by atoms with van der Waals surface area (Å²) < 4.78 is 1.24. The van der Waals surface area contributed by atoms with Crippen LogP contribution in [0.3, 0.4) is 0 Å². The number of aromatic nitrogens is 1. The van der Waals surface area contributed by atoms with Crippen LogP contribution in [0.1, 0.15) is 18.5 Å². The molecule has 1 atom stereocenters. The van der Waals surface area contributed by atoms with Crippen molar-refractivity contribution in [1.82, 2.24) is 4.98 Å². The minimum absolute atomic E-state index is 0.214. The monoisotopic (exact) mass is 408 g/mol. The van der Waals surface area contributed by atoms with Gasteiger partial charge in [0, 0.05) is 26.9 Å². The first-order chi connectivity index (χ1) is 10.1. The first kappa shape index (κ1) is 14.6. The van der Waals surface area contributed by atoms with Crippen LogP contribution >= 0.6 is 34.2 Å². The van der Waals surface area contributed by atoms with E-state index in [1.165, 1.54) is 9.13 Å². The van der Waals surface area contributed by atoms with E-state index >= 15 is 0 Å². The zero-order valence-corrected chi connectivity index (χ0v) is 14.4. The fourth-order valence-electron chi connectivity index (χ4n) is 2.33. The number of pyridine rings is 1. The number of nitrogens with one attached hydrogen (secondary N) is 1. The van der Waals surface area contributed by atoms with Crippen LogP contribution in [0.5, 0.6) is 0 Å². The minimum atomic E-state index is 0.214. The van der Waals surface area contributed by atoms with Gasteiger partial charge in [-0.05, 0) is 71.5 Å². The lowest BCUT2D eigenvalue weighted by atomic mass is 10.1. The highest BCUT2D eigenvalue weighted by molar-refractivity contribution is 14.1. The smallest absolute Gasteiger partial charge is 0.0908 e. The van der Waals surface area contributed by atoms with Gasteiger partial charge in [0.2, 0.25) is 0 Å². The van der Waals surface area contributed by atoms with Crippen LogP contribution in [-0.4, -0.2) is 4.98 Å². The molecule has 0 radical (unpaired) electrons. The third-order valence-electron chi connectivity index (χ3n) is 3.46. The van der Waals surface area contributed by atoms with Gasteiger partial charge in [-0.2, -0.15) is 0 Å². The Labute approximate surface area is 142 Å². The molecule has 3 rings (SSSR count). The minimum Gasteiger partial charge on any atom is -0.378 e. The van der Waals surface area contributed by atoms with E-state index in [-0.39, 0.29) is 6.04 Å². The van der Waals surface area contributed by atoms with E-state index in [1.54, 1.807) is 6.20 Å². The van der Waals surface area contributed by atoms with Gasteiger partial charge in [0.15, 0.2) is 0 Å². The van der Waals surface area contributed by atoms with Crippen molar-refractivity contribution in [2.45, 2.75) is 13.0 Å². The van der Waals surface area contributed by atoms with E-state index in [2.05, 4.69) is 64.1 Å². The molecular formula is C17H14ClIN2. The molecule has 2 aromatic carbocycles. The third-order valence-corrected chi connectivity index (χ3v) is 4.49. The summed E-state index contributed by atoms with van der Waals surface area (Å²) in [6.07, 6.45) is 1.76. The van der Waals surface area contributed by atoms with Gasteiger partial charge in [-0.3, -0.25) is 4.98 Å². The van der Waals surface area contributed by atoms with E-state index in [4.69, 9.17) is 11.6 Å². The Morgan fingerprint density at radius 2 is 1.86 bits per heavy atom. The van der Waals surface area contributed by atoms with E-state index in [0.29, 0.717) is 5.02 Å². The highest BCUT2D eigenvalue weighted by atomic mass is 127. The van der Waals surface area contributed by atoms with Gasteiger partial charge < -0.3 is 5.32 Å². The molecule has 0 spiro atoms.